The average Bonchev–Trinajstić information content (AvgIpc) is 3.46. The molecule has 3 saturated heterocycles. The number of nitrogens with zero attached hydrogens (tertiary/aromatic N) is 3. The molecule has 0 saturated carbocycles. The summed E-state index contributed by atoms with van der Waals surface area (Å²) in [5.74, 6) is -2.21. The molecule has 1 aromatic heterocycles. The van der Waals surface area contributed by atoms with Crippen molar-refractivity contribution < 1.29 is 33.2 Å². The molecule has 2 aromatic rings. The number of fused-ring (bicyclic) bond motifs is 1. The molecule has 5 rings (SSSR count). The van der Waals surface area contributed by atoms with Gasteiger partial charge in [-0.2, -0.15) is 0 Å². The van der Waals surface area contributed by atoms with Gasteiger partial charge in [-0.25, -0.2) is 9.48 Å². The van der Waals surface area contributed by atoms with Crippen LogP contribution in [0.3, 0.4) is 0 Å². The van der Waals surface area contributed by atoms with Crippen molar-refractivity contribution in [3.05, 3.63) is 47.3 Å². The van der Waals surface area contributed by atoms with Gasteiger partial charge in [-0.3, -0.25) is 0 Å². The third-order valence-electron chi connectivity index (χ3n) is 6.02. The van der Waals surface area contributed by atoms with Crippen molar-refractivity contribution in [3.8, 4) is 0 Å². The maximum Gasteiger partial charge on any atom is 0.361 e. The van der Waals surface area contributed by atoms with Gasteiger partial charge in [-0.05, 0) is 40.2 Å². The zero-order valence-electron chi connectivity index (χ0n) is 19.4. The van der Waals surface area contributed by atoms with Gasteiger partial charge in [0.05, 0.1) is 18.8 Å². The third-order valence-corrected chi connectivity index (χ3v) is 6.02. The quantitative estimate of drug-likeness (QED) is 0.623. The molecule has 0 aliphatic carbocycles. The minimum absolute atomic E-state index is 0.148. The van der Waals surface area contributed by atoms with Crippen LogP contribution in [-0.2, 0) is 35.0 Å². The molecule has 0 unspecified atom stereocenters. The molecule has 0 N–H and O–H groups in total. The van der Waals surface area contributed by atoms with E-state index in [0.29, 0.717) is 18.8 Å². The molecule has 0 bridgehead atoms. The molecule has 4 heterocycles. The average molecular weight is 459 g/mol. The molecule has 0 amide bonds. The lowest BCUT2D eigenvalue weighted by Crippen LogP contribution is -2.45. The number of esters is 1. The molecule has 1 aromatic carbocycles. The Morgan fingerprint density at radius 3 is 2.55 bits per heavy atom. The van der Waals surface area contributed by atoms with Crippen molar-refractivity contribution >= 4 is 5.97 Å². The maximum atomic E-state index is 13.2. The summed E-state index contributed by atoms with van der Waals surface area (Å²) in [7, 11) is 0. The van der Waals surface area contributed by atoms with Crippen molar-refractivity contribution in [2.45, 2.75) is 83.4 Å². The molecule has 33 heavy (non-hydrogen) atoms. The standard InChI is InChI=1S/C23H29N3O7/c1-13-16(24-25-26(13)11-14-9-7-6-8-10-14)20(27)29-18-17(15-12-28-22(2,3)31-15)30-21-19(18)32-23(4,5)33-21/h6-10,15,17-19,21H,11-12H2,1-5H3/t15-,17-,18-,19-,21-/m1/s1. The number of benzene rings is 1. The van der Waals surface area contributed by atoms with Crippen molar-refractivity contribution in [1.29, 1.82) is 0 Å². The first-order chi connectivity index (χ1) is 15.6. The van der Waals surface area contributed by atoms with Gasteiger partial charge in [0.15, 0.2) is 35.8 Å². The van der Waals surface area contributed by atoms with E-state index in [1.165, 1.54) is 0 Å². The minimum Gasteiger partial charge on any atom is -0.452 e. The lowest BCUT2D eigenvalue weighted by molar-refractivity contribution is -0.232. The minimum atomic E-state index is -0.855. The Labute approximate surface area is 192 Å². The number of rotatable bonds is 5. The zero-order valence-corrected chi connectivity index (χ0v) is 19.4. The first-order valence-electron chi connectivity index (χ1n) is 11.1. The highest BCUT2D eigenvalue weighted by Crippen LogP contribution is 2.42. The Kier molecular flexibility index (Phi) is 5.53. The molecular formula is C23H29N3O7. The second-order valence-corrected chi connectivity index (χ2v) is 9.47. The SMILES string of the molecule is Cc1c(C(=O)O[C@H]2[C@H]3OC(C)(C)O[C@H]3O[C@@H]2[C@H]2COC(C)(C)O2)nnn1Cc1ccccc1. The summed E-state index contributed by atoms with van der Waals surface area (Å²) in [5, 5.41) is 8.23. The number of aromatic nitrogens is 3. The third kappa shape index (κ3) is 4.41. The van der Waals surface area contributed by atoms with Crippen LogP contribution in [0.5, 0.6) is 0 Å². The van der Waals surface area contributed by atoms with E-state index >= 15 is 0 Å². The van der Waals surface area contributed by atoms with E-state index in [-0.39, 0.29) is 5.69 Å². The number of carbonyl (C=O) groups is 1. The van der Waals surface area contributed by atoms with Gasteiger partial charge in [0.1, 0.15) is 12.2 Å². The van der Waals surface area contributed by atoms with Gasteiger partial charge < -0.3 is 28.4 Å². The molecule has 10 heteroatoms. The molecule has 0 spiro atoms. The summed E-state index contributed by atoms with van der Waals surface area (Å²) in [6.45, 7) is 9.84. The lowest BCUT2D eigenvalue weighted by atomic mass is 10.1. The van der Waals surface area contributed by atoms with Gasteiger partial charge in [0.2, 0.25) is 0 Å². The fourth-order valence-electron chi connectivity index (χ4n) is 4.45. The van der Waals surface area contributed by atoms with E-state index in [0.717, 1.165) is 5.56 Å². The highest BCUT2D eigenvalue weighted by atomic mass is 16.8. The van der Waals surface area contributed by atoms with Crippen LogP contribution in [0.4, 0.5) is 0 Å². The predicted molar refractivity (Wildman–Crippen MR) is 113 cm³/mol. The van der Waals surface area contributed by atoms with Crippen molar-refractivity contribution in [2.75, 3.05) is 6.61 Å². The van der Waals surface area contributed by atoms with Crippen LogP contribution in [-0.4, -0.2) is 69.9 Å². The van der Waals surface area contributed by atoms with E-state index in [2.05, 4.69) is 10.3 Å². The maximum absolute atomic E-state index is 13.2. The molecule has 3 aliphatic heterocycles. The summed E-state index contributed by atoms with van der Waals surface area (Å²) in [6.07, 6.45) is -3.08. The fraction of sp³-hybridized carbons (Fsp3) is 0.609. The van der Waals surface area contributed by atoms with Crippen LogP contribution in [0.2, 0.25) is 0 Å². The number of hydrogen-bond acceptors (Lipinski definition) is 9. The smallest absolute Gasteiger partial charge is 0.361 e. The van der Waals surface area contributed by atoms with E-state index < -0.39 is 48.2 Å². The van der Waals surface area contributed by atoms with Gasteiger partial charge in [-0.1, -0.05) is 35.5 Å². The Morgan fingerprint density at radius 1 is 1.09 bits per heavy atom. The van der Waals surface area contributed by atoms with Crippen LogP contribution < -0.4 is 0 Å². The Bertz CT molecular complexity index is 1020. The first-order valence-corrected chi connectivity index (χ1v) is 11.1. The summed E-state index contributed by atoms with van der Waals surface area (Å²) >= 11 is 0. The second kappa shape index (κ2) is 8.14. The van der Waals surface area contributed by atoms with E-state index in [9.17, 15) is 4.79 Å². The molecule has 0 radical (unpaired) electrons. The van der Waals surface area contributed by atoms with Crippen molar-refractivity contribution in [3.63, 3.8) is 0 Å². The monoisotopic (exact) mass is 459 g/mol. The van der Waals surface area contributed by atoms with Gasteiger partial charge >= 0.3 is 5.97 Å². The fourth-order valence-corrected chi connectivity index (χ4v) is 4.45. The Hall–Kier alpha value is -2.37. The Morgan fingerprint density at radius 2 is 1.85 bits per heavy atom. The number of hydrogen-bond donors (Lipinski definition) is 0. The summed E-state index contributed by atoms with van der Waals surface area (Å²) < 4.78 is 37.2. The van der Waals surface area contributed by atoms with Crippen LogP contribution in [0.25, 0.3) is 0 Å². The topological polar surface area (TPSA) is 103 Å². The first kappa shape index (κ1) is 22.4. The molecule has 3 fully saturated rings. The molecular weight excluding hydrogens is 430 g/mol. The van der Waals surface area contributed by atoms with Crippen LogP contribution in [0, 0.1) is 6.92 Å². The lowest BCUT2D eigenvalue weighted by Gasteiger charge is -2.28. The molecule has 10 nitrogen and oxygen atoms in total. The molecule has 178 valence electrons. The number of carbonyl (C=O) groups excluding carboxylic acids is 1. The van der Waals surface area contributed by atoms with Gasteiger partial charge in [-0.15, -0.1) is 5.10 Å². The molecule has 3 aliphatic rings. The van der Waals surface area contributed by atoms with E-state index in [4.69, 9.17) is 28.4 Å². The second-order valence-electron chi connectivity index (χ2n) is 9.47. The zero-order chi connectivity index (χ0) is 23.4. The largest absolute Gasteiger partial charge is 0.452 e. The highest BCUT2D eigenvalue weighted by Gasteiger charge is 2.60. The summed E-state index contributed by atoms with van der Waals surface area (Å²) in [4.78, 5) is 13.2. The normalized spacial score (nSPS) is 32.1. The highest BCUT2D eigenvalue weighted by molar-refractivity contribution is 5.88. The predicted octanol–water partition coefficient (Wildman–Crippen LogP) is 2.19. The van der Waals surface area contributed by atoms with Gasteiger partial charge in [0.25, 0.3) is 0 Å². The van der Waals surface area contributed by atoms with Crippen LogP contribution in [0.1, 0.15) is 49.4 Å². The summed E-state index contributed by atoms with van der Waals surface area (Å²) in [5.41, 5.74) is 1.81. The summed E-state index contributed by atoms with van der Waals surface area (Å²) in [6, 6.07) is 9.83. The van der Waals surface area contributed by atoms with Crippen LogP contribution in [0.15, 0.2) is 30.3 Å². The van der Waals surface area contributed by atoms with Crippen molar-refractivity contribution in [2.24, 2.45) is 0 Å². The van der Waals surface area contributed by atoms with E-state index in [1.54, 1.807) is 25.5 Å². The Balaban J connectivity index is 1.35. The van der Waals surface area contributed by atoms with Crippen molar-refractivity contribution in [1.82, 2.24) is 15.0 Å². The van der Waals surface area contributed by atoms with Gasteiger partial charge in [0, 0.05) is 0 Å². The number of ether oxygens (including phenoxy) is 6. The molecule has 5 atom stereocenters. The van der Waals surface area contributed by atoms with E-state index in [1.807, 2.05) is 44.2 Å². The van der Waals surface area contributed by atoms with Crippen LogP contribution >= 0.6 is 0 Å².